The maximum Gasteiger partial charge on any atom is 0.326 e. The first-order valence-electron chi connectivity index (χ1n) is 12.4. The fourth-order valence-electron chi connectivity index (χ4n) is 5.29. The van der Waals surface area contributed by atoms with Crippen molar-refractivity contribution in [3.63, 3.8) is 0 Å². The molecular weight excluding hydrogens is 440 g/mol. The van der Waals surface area contributed by atoms with Gasteiger partial charge in [-0.2, -0.15) is 0 Å². The zero-order valence-electron chi connectivity index (χ0n) is 20.0. The number of hydrogen-bond acceptors (Lipinski definition) is 6. The largest absolute Gasteiger partial charge is 0.354 e. The van der Waals surface area contributed by atoms with Gasteiger partial charge in [-0.3, -0.25) is 4.90 Å². The third-order valence-electron chi connectivity index (χ3n) is 7.18. The average Bonchev–Trinajstić information content (AvgIpc) is 3.33. The fraction of sp³-hybridized carbons (Fsp3) is 0.370. The lowest BCUT2D eigenvalue weighted by Gasteiger charge is -2.41. The summed E-state index contributed by atoms with van der Waals surface area (Å²) in [6.07, 6.45) is 3.82. The molecule has 0 unspecified atom stereocenters. The van der Waals surface area contributed by atoms with Crippen molar-refractivity contribution in [3.05, 3.63) is 60.3 Å². The summed E-state index contributed by atoms with van der Waals surface area (Å²) in [7, 11) is 0. The highest BCUT2D eigenvalue weighted by Gasteiger charge is 2.34. The van der Waals surface area contributed by atoms with E-state index in [9.17, 15) is 4.79 Å². The lowest BCUT2D eigenvalue weighted by atomic mass is 10.0. The molecule has 2 aliphatic heterocycles. The van der Waals surface area contributed by atoms with Crippen LogP contribution in [0.1, 0.15) is 18.4 Å². The van der Waals surface area contributed by atoms with Crippen LogP contribution in [0, 0.1) is 6.92 Å². The third kappa shape index (κ3) is 4.08. The number of nitrogens with one attached hydrogen (secondary N) is 1. The molecule has 2 fully saturated rings. The van der Waals surface area contributed by atoms with E-state index in [-0.39, 0.29) is 12.1 Å². The normalized spacial score (nSPS) is 18.8. The fourth-order valence-corrected chi connectivity index (χ4v) is 5.29. The van der Waals surface area contributed by atoms with E-state index in [0.29, 0.717) is 26.2 Å². The molecule has 0 radical (unpaired) electrons. The number of hydrogen-bond donors (Lipinski definition) is 1. The zero-order valence-corrected chi connectivity index (χ0v) is 20.0. The number of amides is 2. The number of piperidine rings is 1. The molecule has 8 heteroatoms. The lowest BCUT2D eigenvalue weighted by Crippen LogP contribution is -2.58. The van der Waals surface area contributed by atoms with E-state index < -0.39 is 0 Å². The zero-order chi connectivity index (χ0) is 23.8. The smallest absolute Gasteiger partial charge is 0.326 e. The van der Waals surface area contributed by atoms with Gasteiger partial charge in [-0.1, -0.05) is 35.5 Å². The van der Waals surface area contributed by atoms with Crippen LogP contribution < -0.4 is 15.1 Å². The van der Waals surface area contributed by atoms with Crippen LogP contribution >= 0.6 is 0 Å². The van der Waals surface area contributed by atoms with Gasteiger partial charge in [-0.25, -0.2) is 9.78 Å². The quantitative estimate of drug-likeness (QED) is 0.484. The van der Waals surface area contributed by atoms with Gasteiger partial charge >= 0.3 is 6.03 Å². The van der Waals surface area contributed by atoms with Gasteiger partial charge in [0.2, 0.25) is 0 Å². The summed E-state index contributed by atoms with van der Waals surface area (Å²) in [5.41, 5.74) is 1.95. The van der Waals surface area contributed by atoms with Crippen LogP contribution in [0.5, 0.6) is 0 Å². The van der Waals surface area contributed by atoms with Gasteiger partial charge in [0.1, 0.15) is 5.82 Å². The monoisotopic (exact) mass is 470 g/mol. The summed E-state index contributed by atoms with van der Waals surface area (Å²) in [5.74, 6) is 1.61. The standard InChI is InChI=1S/C27H30N6O2/c1-19-8-9-23-24(17-19)35-30-26(23)31-13-15-32(16-14-31)27(34)33(21-6-4-11-28-18-21)25-22-7-3-2-5-20(22)10-12-29-25/h2-3,5,7-10,12,17,21,28H,4,6,11,13-16,18H2,1H3/t21-/m1/s1. The molecule has 2 saturated heterocycles. The molecule has 4 aromatic rings. The predicted molar refractivity (Wildman–Crippen MR) is 138 cm³/mol. The molecule has 8 nitrogen and oxygen atoms in total. The molecule has 1 N–H and O–H groups in total. The molecule has 2 aromatic heterocycles. The summed E-state index contributed by atoms with van der Waals surface area (Å²) in [6, 6.07) is 16.4. The summed E-state index contributed by atoms with van der Waals surface area (Å²) in [4.78, 5) is 24.8. The first kappa shape index (κ1) is 21.9. The number of benzene rings is 2. The van der Waals surface area contributed by atoms with E-state index in [4.69, 9.17) is 9.51 Å². The number of urea groups is 1. The topological polar surface area (TPSA) is 77.7 Å². The van der Waals surface area contributed by atoms with Gasteiger partial charge in [0.05, 0.1) is 11.4 Å². The highest BCUT2D eigenvalue weighted by molar-refractivity contribution is 6.02. The van der Waals surface area contributed by atoms with Crippen molar-refractivity contribution in [2.45, 2.75) is 25.8 Å². The van der Waals surface area contributed by atoms with Crippen molar-refractivity contribution in [2.24, 2.45) is 0 Å². The van der Waals surface area contributed by atoms with E-state index in [1.54, 1.807) is 0 Å². The van der Waals surface area contributed by atoms with Crippen LogP contribution in [0.15, 0.2) is 59.3 Å². The Hall–Kier alpha value is -3.65. The van der Waals surface area contributed by atoms with Crippen LogP contribution in [0.25, 0.3) is 21.7 Å². The van der Waals surface area contributed by atoms with Crippen molar-refractivity contribution in [2.75, 3.05) is 49.1 Å². The second-order valence-corrected chi connectivity index (χ2v) is 9.49. The van der Waals surface area contributed by atoms with Crippen LogP contribution in [-0.4, -0.2) is 66.4 Å². The van der Waals surface area contributed by atoms with Crippen molar-refractivity contribution in [3.8, 4) is 0 Å². The maximum absolute atomic E-state index is 14.0. The number of carbonyl (C=O) groups is 1. The SMILES string of the molecule is Cc1ccc2c(N3CCN(C(=O)N(c4nccc5ccccc45)[C@@H]4CCCNC4)CC3)noc2c1. The van der Waals surface area contributed by atoms with Crippen molar-refractivity contribution < 1.29 is 9.32 Å². The Kier molecular flexibility index (Phi) is 5.74. The highest BCUT2D eigenvalue weighted by Crippen LogP contribution is 2.30. The molecule has 0 saturated carbocycles. The van der Waals surface area contributed by atoms with Crippen LogP contribution in [0.2, 0.25) is 0 Å². The van der Waals surface area contributed by atoms with Crippen molar-refractivity contribution in [1.29, 1.82) is 0 Å². The Morgan fingerprint density at radius 3 is 2.77 bits per heavy atom. The van der Waals surface area contributed by atoms with E-state index in [1.807, 2.05) is 47.2 Å². The van der Waals surface area contributed by atoms with Gasteiger partial charge in [-0.05, 0) is 55.5 Å². The molecule has 4 heterocycles. The Labute approximate surface area is 204 Å². The second kappa shape index (κ2) is 9.19. The predicted octanol–water partition coefficient (Wildman–Crippen LogP) is 4.19. The van der Waals surface area contributed by atoms with Gasteiger partial charge < -0.3 is 19.6 Å². The Morgan fingerprint density at radius 1 is 1.09 bits per heavy atom. The van der Waals surface area contributed by atoms with Crippen molar-refractivity contribution >= 4 is 39.4 Å². The molecule has 2 aliphatic rings. The summed E-state index contributed by atoms with van der Waals surface area (Å²) < 4.78 is 5.58. The minimum atomic E-state index is 0.0304. The molecule has 2 aromatic carbocycles. The Balaban J connectivity index is 1.26. The second-order valence-electron chi connectivity index (χ2n) is 9.49. The molecular formula is C27H30N6O2. The van der Waals surface area contributed by atoms with Gasteiger partial charge in [0, 0.05) is 44.3 Å². The number of fused-ring (bicyclic) bond motifs is 2. The number of anilines is 2. The Morgan fingerprint density at radius 2 is 1.94 bits per heavy atom. The number of nitrogens with zero attached hydrogens (tertiary/aromatic N) is 5. The molecule has 2 amide bonds. The lowest BCUT2D eigenvalue weighted by molar-refractivity contribution is 0.196. The number of piperazine rings is 1. The van der Waals surface area contributed by atoms with E-state index in [1.165, 1.54) is 0 Å². The third-order valence-corrected chi connectivity index (χ3v) is 7.18. The minimum Gasteiger partial charge on any atom is -0.354 e. The van der Waals surface area contributed by atoms with Crippen molar-refractivity contribution in [1.82, 2.24) is 20.4 Å². The molecule has 0 aliphatic carbocycles. The molecule has 6 rings (SSSR count). The van der Waals surface area contributed by atoms with Gasteiger partial charge in [0.25, 0.3) is 0 Å². The summed E-state index contributed by atoms with van der Waals surface area (Å²) in [6.45, 7) is 6.49. The van der Waals surface area contributed by atoms with Crippen LogP contribution in [0.4, 0.5) is 16.4 Å². The molecule has 0 bridgehead atoms. The molecule has 180 valence electrons. The highest BCUT2D eigenvalue weighted by atomic mass is 16.5. The van der Waals surface area contributed by atoms with Gasteiger partial charge in [-0.15, -0.1) is 0 Å². The maximum atomic E-state index is 14.0. The first-order chi connectivity index (χ1) is 17.2. The molecule has 0 spiro atoms. The number of aromatic nitrogens is 2. The molecule has 35 heavy (non-hydrogen) atoms. The summed E-state index contributed by atoms with van der Waals surface area (Å²) >= 11 is 0. The van der Waals surface area contributed by atoms with Gasteiger partial charge in [0.15, 0.2) is 11.4 Å². The Bertz CT molecular complexity index is 1350. The van der Waals surface area contributed by atoms with Crippen LogP contribution in [-0.2, 0) is 0 Å². The minimum absolute atomic E-state index is 0.0304. The van der Waals surface area contributed by atoms with E-state index in [2.05, 4.69) is 39.6 Å². The number of carbonyl (C=O) groups excluding carboxylic acids is 1. The van der Waals surface area contributed by atoms with E-state index >= 15 is 0 Å². The first-order valence-corrected chi connectivity index (χ1v) is 12.4. The molecule has 1 atom stereocenters. The number of rotatable bonds is 3. The van der Waals surface area contributed by atoms with Crippen LogP contribution in [0.3, 0.4) is 0 Å². The summed E-state index contributed by atoms with van der Waals surface area (Å²) in [5, 5.41) is 10.9. The number of aryl methyl sites for hydroxylation is 1. The average molecular weight is 471 g/mol. The van der Waals surface area contributed by atoms with E-state index in [0.717, 1.165) is 64.9 Å². The number of pyridine rings is 1.